The van der Waals surface area contributed by atoms with Crippen LogP contribution in [0.3, 0.4) is 0 Å². The van der Waals surface area contributed by atoms with Gasteiger partial charge in [-0.3, -0.25) is 19.9 Å². The third-order valence-electron chi connectivity index (χ3n) is 6.98. The summed E-state index contributed by atoms with van der Waals surface area (Å²) in [6, 6.07) is 6.76. The van der Waals surface area contributed by atoms with Crippen molar-refractivity contribution in [3.8, 4) is 0 Å². The van der Waals surface area contributed by atoms with Crippen LogP contribution in [0.1, 0.15) is 43.2 Å². The fourth-order valence-corrected chi connectivity index (χ4v) is 6.58. The highest BCUT2D eigenvalue weighted by Crippen LogP contribution is 2.30. The minimum atomic E-state index is -3.79. The first-order chi connectivity index (χ1) is 19.2. The van der Waals surface area contributed by atoms with Gasteiger partial charge in [-0.25, -0.2) is 8.42 Å². The maximum atomic E-state index is 13.0. The molecule has 1 aromatic heterocycles. The highest BCUT2D eigenvalue weighted by molar-refractivity contribution is 7.91. The molecular formula is C28H39Cl2N5O4S. The van der Waals surface area contributed by atoms with E-state index in [4.69, 9.17) is 23.2 Å². The van der Waals surface area contributed by atoms with Gasteiger partial charge in [0, 0.05) is 30.5 Å². The third kappa shape index (κ3) is 10.3. The van der Waals surface area contributed by atoms with Gasteiger partial charge in [0.05, 0.1) is 23.0 Å². The van der Waals surface area contributed by atoms with Gasteiger partial charge in [-0.2, -0.15) is 0 Å². The number of rotatable bonds is 16. The number of aryl methyl sites for hydroxylation is 1. The van der Waals surface area contributed by atoms with Crippen molar-refractivity contribution in [1.29, 1.82) is 0 Å². The first-order valence-electron chi connectivity index (χ1n) is 13.7. The van der Waals surface area contributed by atoms with Crippen LogP contribution in [0.4, 0.5) is 0 Å². The number of carbonyl (C=O) groups is 2. The summed E-state index contributed by atoms with van der Waals surface area (Å²) in [5.74, 6) is -1.10. The normalized spacial score (nSPS) is 13.9. The van der Waals surface area contributed by atoms with E-state index in [-0.39, 0.29) is 28.9 Å². The Balaban J connectivity index is 1.44. The molecular weight excluding hydrogens is 573 g/mol. The number of benzene rings is 1. The second-order valence-corrected chi connectivity index (χ2v) is 12.8. The Kier molecular flexibility index (Phi) is 13.1. The van der Waals surface area contributed by atoms with E-state index in [1.807, 2.05) is 17.0 Å². The largest absolute Gasteiger partial charge is 0.346 e. The van der Waals surface area contributed by atoms with E-state index in [0.717, 1.165) is 45.3 Å². The van der Waals surface area contributed by atoms with Gasteiger partial charge in [0.25, 0.3) is 0 Å². The van der Waals surface area contributed by atoms with Crippen LogP contribution in [0.25, 0.3) is 0 Å². The van der Waals surface area contributed by atoms with Crippen molar-refractivity contribution < 1.29 is 18.0 Å². The molecule has 2 aromatic rings. The van der Waals surface area contributed by atoms with E-state index >= 15 is 0 Å². The SMILES string of the molecule is Cc1c(Cl)ccc(S(=O)(=O)CNCC(=O)NCC(=O)N(CCCCN2CCCC2)CCCc2ccncc2)c1Cl. The number of nitrogens with zero attached hydrogens (tertiary/aromatic N) is 3. The monoisotopic (exact) mass is 611 g/mol. The molecule has 0 bridgehead atoms. The molecule has 1 fully saturated rings. The molecule has 1 aromatic carbocycles. The average Bonchev–Trinajstić information content (AvgIpc) is 3.45. The zero-order valence-electron chi connectivity index (χ0n) is 23.0. The first kappa shape index (κ1) is 32.3. The molecule has 40 heavy (non-hydrogen) atoms. The summed E-state index contributed by atoms with van der Waals surface area (Å²) in [5, 5.41) is 5.68. The standard InChI is InChI=1S/C28H39Cl2N5O4S/c1-22-24(29)8-9-25(28(22)30)40(38,39)21-32-19-26(36)33-20-27(37)35(17-5-4-16-34-14-2-3-15-34)18-6-7-23-10-12-31-13-11-23/h8-13,32H,2-7,14-21H2,1H3,(H,33,36). The van der Waals surface area contributed by atoms with Gasteiger partial charge >= 0.3 is 0 Å². The Hall–Kier alpha value is -2.24. The molecule has 1 saturated heterocycles. The zero-order valence-corrected chi connectivity index (χ0v) is 25.3. The molecule has 0 spiro atoms. The Morgan fingerprint density at radius 1 is 1.00 bits per heavy atom. The molecule has 3 rings (SSSR count). The summed E-state index contributed by atoms with van der Waals surface area (Å²) in [4.78, 5) is 33.6. The Morgan fingerprint density at radius 3 is 2.42 bits per heavy atom. The molecule has 0 saturated carbocycles. The number of sulfone groups is 1. The lowest BCUT2D eigenvalue weighted by molar-refractivity contribution is -0.132. The van der Waals surface area contributed by atoms with Crippen molar-refractivity contribution >= 4 is 44.9 Å². The van der Waals surface area contributed by atoms with Crippen molar-refractivity contribution in [2.45, 2.75) is 50.3 Å². The lowest BCUT2D eigenvalue weighted by Crippen LogP contribution is -2.44. The van der Waals surface area contributed by atoms with Gasteiger partial charge in [-0.05, 0) is 100 Å². The molecule has 220 valence electrons. The number of unbranched alkanes of at least 4 members (excludes halogenated alkanes) is 1. The lowest BCUT2D eigenvalue weighted by Gasteiger charge is -2.24. The van der Waals surface area contributed by atoms with Gasteiger partial charge in [0.15, 0.2) is 9.84 Å². The summed E-state index contributed by atoms with van der Waals surface area (Å²) in [7, 11) is -3.79. The Morgan fingerprint density at radius 2 is 1.70 bits per heavy atom. The molecule has 1 aliphatic heterocycles. The van der Waals surface area contributed by atoms with Crippen LogP contribution in [0.2, 0.25) is 10.0 Å². The summed E-state index contributed by atoms with van der Waals surface area (Å²) < 4.78 is 25.4. The smallest absolute Gasteiger partial charge is 0.241 e. The van der Waals surface area contributed by atoms with Crippen LogP contribution >= 0.6 is 23.2 Å². The first-order valence-corrected chi connectivity index (χ1v) is 16.1. The van der Waals surface area contributed by atoms with Gasteiger partial charge < -0.3 is 15.1 Å². The lowest BCUT2D eigenvalue weighted by atomic mass is 10.1. The summed E-state index contributed by atoms with van der Waals surface area (Å²) >= 11 is 12.2. The van der Waals surface area contributed by atoms with Gasteiger partial charge in [0.2, 0.25) is 11.8 Å². The number of aromatic nitrogens is 1. The number of hydrogen-bond acceptors (Lipinski definition) is 7. The second-order valence-electron chi connectivity index (χ2n) is 10.0. The number of halogens is 2. The number of hydrogen-bond donors (Lipinski definition) is 2. The molecule has 2 N–H and O–H groups in total. The molecule has 12 heteroatoms. The van der Waals surface area contributed by atoms with E-state index < -0.39 is 21.6 Å². The maximum absolute atomic E-state index is 13.0. The predicted molar refractivity (Wildman–Crippen MR) is 158 cm³/mol. The van der Waals surface area contributed by atoms with Crippen molar-refractivity contribution in [3.63, 3.8) is 0 Å². The summed E-state index contributed by atoms with van der Waals surface area (Å²) in [5.41, 5.74) is 1.64. The molecule has 0 unspecified atom stereocenters. The number of amides is 2. The fourth-order valence-electron chi connectivity index (χ4n) is 4.63. The van der Waals surface area contributed by atoms with Crippen molar-refractivity contribution in [2.24, 2.45) is 0 Å². The van der Waals surface area contributed by atoms with Crippen LogP contribution in [0.15, 0.2) is 41.6 Å². The van der Waals surface area contributed by atoms with E-state index in [0.29, 0.717) is 23.7 Å². The Bertz CT molecular complexity index is 1220. The molecule has 2 amide bonds. The molecule has 2 heterocycles. The average molecular weight is 613 g/mol. The molecule has 0 radical (unpaired) electrons. The number of nitrogens with one attached hydrogen (secondary N) is 2. The van der Waals surface area contributed by atoms with Crippen LogP contribution < -0.4 is 10.6 Å². The van der Waals surface area contributed by atoms with Gasteiger partial charge in [-0.1, -0.05) is 23.2 Å². The van der Waals surface area contributed by atoms with E-state index in [2.05, 4.69) is 20.5 Å². The topological polar surface area (TPSA) is 112 Å². The zero-order chi connectivity index (χ0) is 29.0. The van der Waals surface area contributed by atoms with Crippen molar-refractivity contribution in [2.75, 3.05) is 51.7 Å². The van der Waals surface area contributed by atoms with Gasteiger partial charge in [-0.15, -0.1) is 0 Å². The van der Waals surface area contributed by atoms with E-state index in [1.165, 1.54) is 30.5 Å². The molecule has 9 nitrogen and oxygen atoms in total. The van der Waals surface area contributed by atoms with Crippen LogP contribution in [-0.2, 0) is 25.8 Å². The minimum absolute atomic E-state index is 0.0497. The number of likely N-dealkylation sites (tertiary alicyclic amines) is 1. The number of carbonyl (C=O) groups excluding carboxylic acids is 2. The predicted octanol–water partition coefficient (Wildman–Crippen LogP) is 3.47. The minimum Gasteiger partial charge on any atom is -0.346 e. The van der Waals surface area contributed by atoms with Crippen molar-refractivity contribution in [3.05, 3.63) is 57.8 Å². The highest BCUT2D eigenvalue weighted by atomic mass is 35.5. The summed E-state index contributed by atoms with van der Waals surface area (Å²) in [6.07, 6.45) is 9.61. The third-order valence-corrected chi connectivity index (χ3v) is 9.58. The van der Waals surface area contributed by atoms with Crippen LogP contribution in [-0.4, -0.2) is 86.7 Å². The molecule has 1 aliphatic rings. The molecule has 0 aliphatic carbocycles. The maximum Gasteiger partial charge on any atom is 0.241 e. The second kappa shape index (κ2) is 16.3. The highest BCUT2D eigenvalue weighted by Gasteiger charge is 2.21. The fraction of sp³-hybridized carbons (Fsp3) is 0.536. The van der Waals surface area contributed by atoms with Crippen LogP contribution in [0, 0.1) is 6.92 Å². The van der Waals surface area contributed by atoms with Gasteiger partial charge in [0.1, 0.15) is 5.88 Å². The van der Waals surface area contributed by atoms with E-state index in [1.54, 1.807) is 19.3 Å². The Labute approximate surface area is 247 Å². The quantitative estimate of drug-likeness (QED) is 0.280. The van der Waals surface area contributed by atoms with Crippen LogP contribution in [0.5, 0.6) is 0 Å². The molecule has 0 atom stereocenters. The number of pyridine rings is 1. The van der Waals surface area contributed by atoms with E-state index in [9.17, 15) is 18.0 Å². The summed E-state index contributed by atoms with van der Waals surface area (Å²) in [6.45, 7) is 5.83. The van der Waals surface area contributed by atoms with Crippen molar-refractivity contribution in [1.82, 2.24) is 25.4 Å².